The lowest BCUT2D eigenvalue weighted by Crippen LogP contribution is -2.11. The number of benzene rings is 2. The molecule has 0 unspecified atom stereocenters. The van der Waals surface area contributed by atoms with Gasteiger partial charge in [-0.3, -0.25) is 4.79 Å². The predicted molar refractivity (Wildman–Crippen MR) is 109 cm³/mol. The summed E-state index contributed by atoms with van der Waals surface area (Å²) in [6, 6.07) is 10.2. The highest BCUT2D eigenvalue weighted by Gasteiger charge is 2.15. The van der Waals surface area contributed by atoms with Crippen LogP contribution in [-0.2, 0) is 24.2 Å². The number of aryl methyl sites for hydroxylation is 3. The summed E-state index contributed by atoms with van der Waals surface area (Å²) < 4.78 is 15.4. The van der Waals surface area contributed by atoms with Gasteiger partial charge in [0, 0.05) is 23.6 Å². The number of nitrogens with zero attached hydrogens (tertiary/aromatic N) is 3. The summed E-state index contributed by atoms with van der Waals surface area (Å²) in [6.45, 7) is 4.46. The summed E-state index contributed by atoms with van der Waals surface area (Å²) >= 11 is 11.8. The lowest BCUT2D eigenvalue weighted by Gasteiger charge is -2.05. The molecule has 3 aromatic rings. The van der Waals surface area contributed by atoms with Crippen LogP contribution >= 0.6 is 23.2 Å². The van der Waals surface area contributed by atoms with E-state index in [0.29, 0.717) is 41.6 Å². The van der Waals surface area contributed by atoms with Gasteiger partial charge in [0.1, 0.15) is 17.4 Å². The standard InChI is InChI=1S/C21H20Cl2FN3O/c1-3-27-20(25-21(26-27)15-5-7-18(23)19(24)11-15)12-17(28)6-4-14-8-13(2)9-16(22)10-14/h5,7-11H,3-4,6,12H2,1-2H3. The van der Waals surface area contributed by atoms with Crippen molar-refractivity contribution in [1.29, 1.82) is 0 Å². The van der Waals surface area contributed by atoms with Crippen LogP contribution in [0.5, 0.6) is 0 Å². The second-order valence-electron chi connectivity index (χ2n) is 6.65. The van der Waals surface area contributed by atoms with Crippen molar-refractivity contribution in [3.8, 4) is 11.4 Å². The smallest absolute Gasteiger partial charge is 0.181 e. The number of hydrogen-bond donors (Lipinski definition) is 0. The molecule has 0 spiro atoms. The summed E-state index contributed by atoms with van der Waals surface area (Å²) in [4.78, 5) is 16.9. The van der Waals surface area contributed by atoms with Gasteiger partial charge in [0.2, 0.25) is 0 Å². The van der Waals surface area contributed by atoms with E-state index < -0.39 is 5.82 Å². The second-order valence-corrected chi connectivity index (χ2v) is 7.49. The molecule has 1 aromatic heterocycles. The lowest BCUT2D eigenvalue weighted by atomic mass is 10.0. The molecule has 0 radical (unpaired) electrons. The van der Waals surface area contributed by atoms with E-state index in [4.69, 9.17) is 23.2 Å². The van der Waals surface area contributed by atoms with Crippen LogP contribution in [0.3, 0.4) is 0 Å². The zero-order valence-corrected chi connectivity index (χ0v) is 17.2. The second kappa shape index (κ2) is 8.84. The summed E-state index contributed by atoms with van der Waals surface area (Å²) in [6.07, 6.45) is 1.19. The fourth-order valence-electron chi connectivity index (χ4n) is 3.02. The van der Waals surface area contributed by atoms with Crippen molar-refractivity contribution in [2.24, 2.45) is 0 Å². The number of aromatic nitrogens is 3. The van der Waals surface area contributed by atoms with Crippen LogP contribution in [0, 0.1) is 12.7 Å². The number of carbonyl (C=O) groups is 1. The first-order valence-electron chi connectivity index (χ1n) is 9.02. The first-order chi connectivity index (χ1) is 13.4. The third-order valence-corrected chi connectivity index (χ3v) is 4.90. The molecular weight excluding hydrogens is 400 g/mol. The van der Waals surface area contributed by atoms with Gasteiger partial charge in [0.15, 0.2) is 5.82 Å². The molecule has 0 saturated heterocycles. The van der Waals surface area contributed by atoms with Crippen LogP contribution < -0.4 is 0 Å². The van der Waals surface area contributed by atoms with E-state index >= 15 is 0 Å². The topological polar surface area (TPSA) is 47.8 Å². The molecule has 4 nitrogen and oxygen atoms in total. The van der Waals surface area contributed by atoms with Crippen LogP contribution in [0.1, 0.15) is 30.3 Å². The number of halogens is 3. The summed E-state index contributed by atoms with van der Waals surface area (Å²) in [7, 11) is 0. The van der Waals surface area contributed by atoms with Gasteiger partial charge in [-0.05, 0) is 61.7 Å². The first kappa shape index (κ1) is 20.5. The maximum Gasteiger partial charge on any atom is 0.181 e. The van der Waals surface area contributed by atoms with Crippen molar-refractivity contribution in [2.75, 3.05) is 0 Å². The van der Waals surface area contributed by atoms with Gasteiger partial charge in [0.25, 0.3) is 0 Å². The molecule has 146 valence electrons. The van der Waals surface area contributed by atoms with E-state index in [9.17, 15) is 9.18 Å². The predicted octanol–water partition coefficient (Wildman–Crippen LogP) is 5.46. The van der Waals surface area contributed by atoms with E-state index in [1.165, 1.54) is 12.1 Å². The zero-order valence-electron chi connectivity index (χ0n) is 15.7. The van der Waals surface area contributed by atoms with Crippen molar-refractivity contribution in [1.82, 2.24) is 14.8 Å². The first-order valence-corrected chi connectivity index (χ1v) is 9.78. The highest BCUT2D eigenvalue weighted by molar-refractivity contribution is 6.31. The van der Waals surface area contributed by atoms with Crippen molar-refractivity contribution in [2.45, 2.75) is 39.7 Å². The molecule has 0 amide bonds. The third kappa shape index (κ3) is 4.97. The van der Waals surface area contributed by atoms with Crippen LogP contribution in [0.2, 0.25) is 10.0 Å². The molecule has 0 aliphatic rings. The SMILES string of the molecule is CCn1nc(-c2ccc(Cl)c(F)c2)nc1CC(=O)CCc1cc(C)cc(Cl)c1. The van der Waals surface area contributed by atoms with Crippen molar-refractivity contribution in [3.05, 3.63) is 69.2 Å². The Morgan fingerprint density at radius 1 is 1.18 bits per heavy atom. The molecule has 3 rings (SSSR count). The molecule has 1 heterocycles. The Labute approximate surface area is 173 Å². The van der Waals surface area contributed by atoms with Crippen LogP contribution in [0.4, 0.5) is 4.39 Å². The van der Waals surface area contributed by atoms with E-state index in [2.05, 4.69) is 10.1 Å². The average molecular weight is 420 g/mol. The Balaban J connectivity index is 1.71. The molecule has 0 aliphatic carbocycles. The number of ketones is 1. The molecular formula is C21H20Cl2FN3O. The molecule has 0 N–H and O–H groups in total. The highest BCUT2D eigenvalue weighted by Crippen LogP contribution is 2.22. The highest BCUT2D eigenvalue weighted by atomic mass is 35.5. The summed E-state index contributed by atoms with van der Waals surface area (Å²) in [5, 5.41) is 5.11. The maximum absolute atomic E-state index is 13.7. The van der Waals surface area contributed by atoms with E-state index in [1.54, 1.807) is 10.7 Å². The number of Topliss-reactive ketones (excluding diaryl/α,β-unsaturated/α-hetero) is 1. The number of hydrogen-bond acceptors (Lipinski definition) is 3. The maximum atomic E-state index is 13.7. The van der Waals surface area contributed by atoms with Crippen LogP contribution in [0.15, 0.2) is 36.4 Å². The van der Waals surface area contributed by atoms with Gasteiger partial charge >= 0.3 is 0 Å². The normalized spacial score (nSPS) is 11.0. The number of carbonyl (C=O) groups excluding carboxylic acids is 1. The summed E-state index contributed by atoms with van der Waals surface area (Å²) in [5.41, 5.74) is 2.63. The Morgan fingerprint density at radius 2 is 1.96 bits per heavy atom. The molecule has 0 fully saturated rings. The fraction of sp³-hybridized carbons (Fsp3) is 0.286. The van der Waals surface area contributed by atoms with E-state index in [-0.39, 0.29) is 17.2 Å². The Morgan fingerprint density at radius 3 is 2.64 bits per heavy atom. The van der Waals surface area contributed by atoms with Crippen molar-refractivity contribution in [3.63, 3.8) is 0 Å². The Kier molecular flexibility index (Phi) is 6.47. The van der Waals surface area contributed by atoms with Gasteiger partial charge in [-0.25, -0.2) is 14.1 Å². The largest absolute Gasteiger partial charge is 0.299 e. The van der Waals surface area contributed by atoms with Gasteiger partial charge in [-0.15, -0.1) is 0 Å². The minimum atomic E-state index is -0.526. The zero-order chi connectivity index (χ0) is 20.3. The molecule has 0 atom stereocenters. The minimum absolute atomic E-state index is 0.0466. The molecule has 0 aliphatic heterocycles. The third-order valence-electron chi connectivity index (χ3n) is 4.38. The van der Waals surface area contributed by atoms with Crippen molar-refractivity contribution >= 4 is 29.0 Å². The molecule has 0 saturated carbocycles. The van der Waals surface area contributed by atoms with E-state index in [0.717, 1.165) is 11.1 Å². The molecule has 0 bridgehead atoms. The van der Waals surface area contributed by atoms with Gasteiger partial charge < -0.3 is 0 Å². The Hall–Kier alpha value is -2.24. The number of rotatable bonds is 7. The molecule has 2 aromatic carbocycles. The van der Waals surface area contributed by atoms with E-state index in [1.807, 2.05) is 32.0 Å². The quantitative estimate of drug-likeness (QED) is 0.510. The fourth-order valence-corrected chi connectivity index (χ4v) is 3.45. The minimum Gasteiger partial charge on any atom is -0.299 e. The average Bonchev–Trinajstić information content (AvgIpc) is 3.04. The Bertz CT molecular complexity index is 997. The summed E-state index contributed by atoms with van der Waals surface area (Å²) in [5.74, 6) is 0.487. The lowest BCUT2D eigenvalue weighted by molar-refractivity contribution is -0.118. The van der Waals surface area contributed by atoms with Crippen molar-refractivity contribution < 1.29 is 9.18 Å². The van der Waals surface area contributed by atoms with Gasteiger partial charge in [0.05, 0.1) is 11.4 Å². The molecule has 28 heavy (non-hydrogen) atoms. The molecule has 7 heteroatoms. The van der Waals surface area contributed by atoms with Crippen LogP contribution in [-0.4, -0.2) is 20.5 Å². The van der Waals surface area contributed by atoms with Gasteiger partial charge in [-0.1, -0.05) is 29.3 Å². The van der Waals surface area contributed by atoms with Gasteiger partial charge in [-0.2, -0.15) is 5.10 Å². The monoisotopic (exact) mass is 419 g/mol. The van der Waals surface area contributed by atoms with Crippen LogP contribution in [0.25, 0.3) is 11.4 Å².